The third kappa shape index (κ3) is 6.15. The van der Waals surface area contributed by atoms with Crippen LogP contribution in [0.1, 0.15) is 75.1 Å². The summed E-state index contributed by atoms with van der Waals surface area (Å²) in [6, 6.07) is 5.76. The summed E-state index contributed by atoms with van der Waals surface area (Å²) in [4.78, 5) is 28.0. The summed E-state index contributed by atoms with van der Waals surface area (Å²) in [6.07, 6.45) is 10.1. The Morgan fingerprint density at radius 1 is 1.03 bits per heavy atom. The fourth-order valence-electron chi connectivity index (χ4n) is 5.03. The Morgan fingerprint density at radius 2 is 1.81 bits per heavy atom. The summed E-state index contributed by atoms with van der Waals surface area (Å²) < 4.78 is 5.66. The molecule has 3 fully saturated rings. The molecular formula is C25H38N4O3. The summed E-state index contributed by atoms with van der Waals surface area (Å²) in [7, 11) is 0. The first kappa shape index (κ1) is 22.9. The lowest BCUT2D eigenvalue weighted by Crippen LogP contribution is -2.39. The first-order valence-corrected chi connectivity index (χ1v) is 12.4. The second-order valence-electron chi connectivity index (χ2n) is 9.68. The average Bonchev–Trinajstić information content (AvgIpc) is 3.32. The smallest absolute Gasteiger partial charge is 0.319 e. The van der Waals surface area contributed by atoms with Crippen molar-refractivity contribution in [3.63, 3.8) is 0 Å². The first-order valence-electron chi connectivity index (χ1n) is 12.4. The monoisotopic (exact) mass is 442 g/mol. The molecular weight excluding hydrogens is 404 g/mol. The van der Waals surface area contributed by atoms with Crippen molar-refractivity contribution in [3.8, 4) is 0 Å². The Hall–Kier alpha value is -2.28. The van der Waals surface area contributed by atoms with E-state index in [1.54, 1.807) is 0 Å². The predicted molar refractivity (Wildman–Crippen MR) is 127 cm³/mol. The van der Waals surface area contributed by atoms with Crippen molar-refractivity contribution in [2.24, 2.45) is 5.92 Å². The van der Waals surface area contributed by atoms with Crippen LogP contribution in [0.15, 0.2) is 18.2 Å². The van der Waals surface area contributed by atoms with E-state index in [0.717, 1.165) is 63.9 Å². The molecule has 0 radical (unpaired) electrons. The number of anilines is 2. The molecule has 32 heavy (non-hydrogen) atoms. The Morgan fingerprint density at radius 3 is 2.53 bits per heavy atom. The van der Waals surface area contributed by atoms with Crippen LogP contribution in [0, 0.1) is 5.92 Å². The maximum atomic E-state index is 13.2. The van der Waals surface area contributed by atoms with Crippen LogP contribution in [0.2, 0.25) is 0 Å². The molecule has 1 atom stereocenters. The molecule has 1 aromatic rings. The molecule has 1 aromatic carbocycles. The van der Waals surface area contributed by atoms with Gasteiger partial charge in [-0.15, -0.1) is 0 Å². The molecule has 2 saturated heterocycles. The van der Waals surface area contributed by atoms with Gasteiger partial charge in [-0.05, 0) is 62.6 Å². The maximum absolute atomic E-state index is 13.2. The highest BCUT2D eigenvalue weighted by Crippen LogP contribution is 2.29. The molecule has 3 amide bonds. The summed E-state index contributed by atoms with van der Waals surface area (Å²) >= 11 is 0. The molecule has 0 bridgehead atoms. The highest BCUT2D eigenvalue weighted by molar-refractivity contribution is 6.02. The standard InChI is InChI=1S/C25H38N4O3/c1-18-11-13-29(14-12-18)23-10-9-20(28-25(31)27-19-6-3-2-4-7-19)16-22(23)24(30)26-17-21-8-5-15-32-21/h9-10,16,18-19,21H,2-8,11-15,17H2,1H3,(H,26,30)(H2,27,28,31). The number of amides is 3. The van der Waals surface area contributed by atoms with E-state index in [4.69, 9.17) is 4.74 Å². The third-order valence-electron chi connectivity index (χ3n) is 7.08. The number of urea groups is 1. The van der Waals surface area contributed by atoms with Gasteiger partial charge in [-0.2, -0.15) is 0 Å². The van der Waals surface area contributed by atoms with E-state index in [0.29, 0.717) is 23.7 Å². The van der Waals surface area contributed by atoms with Crippen molar-refractivity contribution in [3.05, 3.63) is 23.8 Å². The van der Waals surface area contributed by atoms with Crippen LogP contribution >= 0.6 is 0 Å². The molecule has 3 aliphatic rings. The highest BCUT2D eigenvalue weighted by Gasteiger charge is 2.23. The summed E-state index contributed by atoms with van der Waals surface area (Å²) in [5.74, 6) is 0.609. The van der Waals surface area contributed by atoms with Crippen molar-refractivity contribution >= 4 is 23.3 Å². The minimum Gasteiger partial charge on any atom is -0.376 e. The number of nitrogens with one attached hydrogen (secondary N) is 3. The zero-order chi connectivity index (χ0) is 22.3. The molecule has 7 nitrogen and oxygen atoms in total. The molecule has 176 valence electrons. The first-order chi connectivity index (χ1) is 15.6. The fraction of sp³-hybridized carbons (Fsp3) is 0.680. The number of hydrogen-bond donors (Lipinski definition) is 3. The normalized spacial score (nSPS) is 22.5. The summed E-state index contributed by atoms with van der Waals surface area (Å²) in [5.41, 5.74) is 2.21. The molecule has 0 spiro atoms. The van der Waals surface area contributed by atoms with Gasteiger partial charge in [0.2, 0.25) is 0 Å². The zero-order valence-electron chi connectivity index (χ0n) is 19.3. The highest BCUT2D eigenvalue weighted by atomic mass is 16.5. The van der Waals surface area contributed by atoms with Crippen LogP contribution in [0.3, 0.4) is 0 Å². The van der Waals surface area contributed by atoms with Crippen LogP contribution in [-0.4, -0.2) is 50.3 Å². The number of carbonyl (C=O) groups is 2. The Bertz CT molecular complexity index is 779. The van der Waals surface area contributed by atoms with Gasteiger partial charge in [-0.25, -0.2) is 4.79 Å². The summed E-state index contributed by atoms with van der Waals surface area (Å²) in [6.45, 7) is 5.47. The predicted octanol–water partition coefficient (Wildman–Crippen LogP) is 4.29. The number of nitrogens with zero attached hydrogens (tertiary/aromatic N) is 1. The second kappa shape index (κ2) is 11.0. The van der Waals surface area contributed by atoms with E-state index in [1.807, 2.05) is 18.2 Å². The van der Waals surface area contributed by atoms with Crippen molar-refractivity contribution in [1.82, 2.24) is 10.6 Å². The number of piperidine rings is 1. The number of carbonyl (C=O) groups excluding carboxylic acids is 2. The van der Waals surface area contributed by atoms with Gasteiger partial charge < -0.3 is 25.6 Å². The average molecular weight is 443 g/mol. The van der Waals surface area contributed by atoms with E-state index in [-0.39, 0.29) is 24.1 Å². The largest absolute Gasteiger partial charge is 0.376 e. The van der Waals surface area contributed by atoms with Crippen molar-refractivity contribution < 1.29 is 14.3 Å². The van der Waals surface area contributed by atoms with Crippen LogP contribution in [0.5, 0.6) is 0 Å². The van der Waals surface area contributed by atoms with E-state index < -0.39 is 0 Å². The molecule has 4 rings (SSSR count). The fourth-order valence-corrected chi connectivity index (χ4v) is 5.03. The maximum Gasteiger partial charge on any atom is 0.319 e. The van der Waals surface area contributed by atoms with E-state index >= 15 is 0 Å². The van der Waals surface area contributed by atoms with Gasteiger partial charge in [0.05, 0.1) is 11.7 Å². The van der Waals surface area contributed by atoms with Crippen LogP contribution in [0.4, 0.5) is 16.2 Å². The number of rotatable bonds is 6. The van der Waals surface area contributed by atoms with Gasteiger partial charge in [0.15, 0.2) is 0 Å². The number of benzene rings is 1. The molecule has 2 heterocycles. The SMILES string of the molecule is CC1CCN(c2ccc(NC(=O)NC3CCCCC3)cc2C(=O)NCC2CCCO2)CC1. The number of hydrogen-bond acceptors (Lipinski definition) is 4. The second-order valence-corrected chi connectivity index (χ2v) is 9.68. The minimum atomic E-state index is -0.192. The quantitative estimate of drug-likeness (QED) is 0.614. The minimum absolute atomic E-state index is 0.0980. The lowest BCUT2D eigenvalue weighted by Gasteiger charge is -2.33. The molecule has 3 N–H and O–H groups in total. The molecule has 0 aromatic heterocycles. The zero-order valence-corrected chi connectivity index (χ0v) is 19.3. The van der Waals surface area contributed by atoms with Gasteiger partial charge >= 0.3 is 6.03 Å². The lowest BCUT2D eigenvalue weighted by atomic mass is 9.96. The molecule has 2 aliphatic heterocycles. The molecule has 1 unspecified atom stereocenters. The van der Waals surface area contributed by atoms with Crippen molar-refractivity contribution in [2.45, 2.75) is 76.9 Å². The Labute approximate surface area is 191 Å². The van der Waals surface area contributed by atoms with Crippen LogP contribution in [-0.2, 0) is 4.74 Å². The number of ether oxygens (including phenoxy) is 1. The van der Waals surface area contributed by atoms with Crippen molar-refractivity contribution in [1.29, 1.82) is 0 Å². The van der Waals surface area contributed by atoms with Gasteiger partial charge in [-0.3, -0.25) is 4.79 Å². The molecule has 7 heteroatoms. The third-order valence-corrected chi connectivity index (χ3v) is 7.08. The van der Waals surface area contributed by atoms with E-state index in [2.05, 4.69) is 27.8 Å². The Kier molecular flexibility index (Phi) is 7.90. The topological polar surface area (TPSA) is 82.7 Å². The Balaban J connectivity index is 1.45. The summed E-state index contributed by atoms with van der Waals surface area (Å²) in [5, 5.41) is 9.09. The van der Waals surface area contributed by atoms with E-state index in [1.165, 1.54) is 19.3 Å². The van der Waals surface area contributed by atoms with Crippen LogP contribution < -0.4 is 20.9 Å². The molecule has 1 saturated carbocycles. The lowest BCUT2D eigenvalue weighted by molar-refractivity contribution is 0.0858. The van der Waals surface area contributed by atoms with E-state index in [9.17, 15) is 9.59 Å². The molecule has 1 aliphatic carbocycles. The van der Waals surface area contributed by atoms with Gasteiger partial charge in [0.1, 0.15) is 0 Å². The van der Waals surface area contributed by atoms with Gasteiger partial charge in [0, 0.05) is 43.7 Å². The van der Waals surface area contributed by atoms with Crippen LogP contribution in [0.25, 0.3) is 0 Å². The van der Waals surface area contributed by atoms with Gasteiger partial charge in [-0.1, -0.05) is 26.2 Å². The van der Waals surface area contributed by atoms with Crippen molar-refractivity contribution in [2.75, 3.05) is 36.5 Å². The van der Waals surface area contributed by atoms with Gasteiger partial charge in [0.25, 0.3) is 5.91 Å².